The van der Waals surface area contributed by atoms with Crippen LogP contribution in [0.5, 0.6) is 5.75 Å². The number of hydrogen-bond acceptors (Lipinski definition) is 3. The molecule has 1 amide bonds. The van der Waals surface area contributed by atoms with E-state index in [1.807, 2.05) is 4.90 Å². The predicted molar refractivity (Wildman–Crippen MR) is 91.5 cm³/mol. The van der Waals surface area contributed by atoms with Crippen LogP contribution in [0.15, 0.2) is 24.3 Å². The molecule has 0 aliphatic carbocycles. The van der Waals surface area contributed by atoms with Crippen LogP contribution in [0.4, 0.5) is 4.39 Å². The third-order valence-corrected chi connectivity index (χ3v) is 5.16. The van der Waals surface area contributed by atoms with Crippen LogP contribution >= 0.6 is 0 Å². The number of nitrogens with zero attached hydrogens (tertiary/aromatic N) is 2. The summed E-state index contributed by atoms with van der Waals surface area (Å²) in [5.74, 6) is 0.559. The second-order valence-electron chi connectivity index (χ2n) is 6.95. The number of benzene rings is 1. The van der Waals surface area contributed by atoms with Gasteiger partial charge in [0.05, 0.1) is 6.04 Å². The minimum atomic E-state index is -0.281. The second-order valence-corrected chi connectivity index (χ2v) is 6.95. The van der Waals surface area contributed by atoms with Gasteiger partial charge in [-0.15, -0.1) is 0 Å². The lowest BCUT2D eigenvalue weighted by molar-refractivity contribution is -0.138. The molecular weight excluding hydrogens is 307 g/mol. The lowest BCUT2D eigenvalue weighted by atomic mass is 10.0. The van der Waals surface area contributed by atoms with E-state index < -0.39 is 0 Å². The zero-order valence-electron chi connectivity index (χ0n) is 14.4. The van der Waals surface area contributed by atoms with Crippen LogP contribution in [-0.4, -0.2) is 54.5 Å². The van der Waals surface area contributed by atoms with Crippen molar-refractivity contribution in [2.45, 2.75) is 50.7 Å². The molecule has 0 bridgehead atoms. The number of carbonyl (C=O) groups is 1. The molecule has 1 aromatic carbocycles. The van der Waals surface area contributed by atoms with Gasteiger partial charge in [0.25, 0.3) is 0 Å². The number of ether oxygens (including phenoxy) is 1. The minimum Gasteiger partial charge on any atom is -0.490 e. The number of piperidine rings is 1. The number of hydrogen-bond donors (Lipinski definition) is 0. The Bertz CT molecular complexity index is 558. The molecule has 3 rings (SSSR count). The lowest BCUT2D eigenvalue weighted by Crippen LogP contribution is -2.50. The first-order valence-corrected chi connectivity index (χ1v) is 9.05. The average molecular weight is 334 g/mol. The maximum Gasteiger partial charge on any atom is 0.239 e. The number of likely N-dealkylation sites (tertiary alicyclic amines) is 2. The van der Waals surface area contributed by atoms with Crippen molar-refractivity contribution in [1.29, 1.82) is 0 Å². The quantitative estimate of drug-likeness (QED) is 0.852. The number of carbonyl (C=O) groups excluding carboxylic acids is 1. The summed E-state index contributed by atoms with van der Waals surface area (Å²) in [6.07, 6.45) is 6.18. The first kappa shape index (κ1) is 17.2. The second kappa shape index (κ2) is 7.97. The molecule has 2 aliphatic rings. The summed E-state index contributed by atoms with van der Waals surface area (Å²) < 4.78 is 19.1. The van der Waals surface area contributed by atoms with Gasteiger partial charge in [0.2, 0.25) is 5.91 Å². The van der Waals surface area contributed by atoms with Crippen LogP contribution < -0.4 is 4.74 Å². The third-order valence-electron chi connectivity index (χ3n) is 5.16. The number of halogens is 1. The van der Waals surface area contributed by atoms with Crippen LogP contribution in [0.2, 0.25) is 0 Å². The summed E-state index contributed by atoms with van der Waals surface area (Å²) in [5, 5.41) is 0. The fourth-order valence-corrected chi connectivity index (χ4v) is 3.70. The van der Waals surface area contributed by atoms with Gasteiger partial charge in [-0.1, -0.05) is 18.9 Å². The molecule has 0 unspecified atom stereocenters. The summed E-state index contributed by atoms with van der Waals surface area (Å²) >= 11 is 0. The molecular formula is C19H27FN2O2. The van der Waals surface area contributed by atoms with Gasteiger partial charge in [-0.3, -0.25) is 9.69 Å². The normalized spacial score (nSPS) is 23.8. The molecule has 2 saturated heterocycles. The predicted octanol–water partition coefficient (Wildman–Crippen LogP) is 3.07. The van der Waals surface area contributed by atoms with E-state index in [1.54, 1.807) is 12.1 Å². The molecule has 2 aliphatic heterocycles. The van der Waals surface area contributed by atoms with Crippen molar-refractivity contribution >= 4 is 5.91 Å². The maximum absolute atomic E-state index is 13.2. The zero-order valence-corrected chi connectivity index (χ0v) is 14.4. The van der Waals surface area contributed by atoms with Crippen LogP contribution in [0.25, 0.3) is 0 Å². The van der Waals surface area contributed by atoms with Crippen molar-refractivity contribution in [1.82, 2.24) is 9.80 Å². The Hall–Kier alpha value is -1.62. The van der Waals surface area contributed by atoms with E-state index >= 15 is 0 Å². The van der Waals surface area contributed by atoms with Gasteiger partial charge in [-0.25, -0.2) is 4.39 Å². The van der Waals surface area contributed by atoms with Crippen LogP contribution in [0.3, 0.4) is 0 Å². The molecule has 0 N–H and O–H groups in total. The molecule has 5 heteroatoms. The molecule has 4 nitrogen and oxygen atoms in total. The van der Waals surface area contributed by atoms with Gasteiger partial charge in [0.1, 0.15) is 17.7 Å². The highest BCUT2D eigenvalue weighted by molar-refractivity contribution is 5.82. The standard InChI is InChI=1S/C19H27FN2O2/c1-21-11-4-2-3-8-18(21)19(23)22-12-9-16(10-13-22)24-17-7-5-6-15(20)14-17/h5-7,14,16,18H,2-4,8-13H2,1H3/t18-/m0/s1. The molecule has 0 spiro atoms. The van der Waals surface area contributed by atoms with Gasteiger partial charge in [0.15, 0.2) is 0 Å². The highest BCUT2D eigenvalue weighted by Crippen LogP contribution is 2.22. The van der Waals surface area contributed by atoms with Crippen molar-refractivity contribution in [3.05, 3.63) is 30.1 Å². The summed E-state index contributed by atoms with van der Waals surface area (Å²) in [6, 6.07) is 6.30. The van der Waals surface area contributed by atoms with Crippen molar-refractivity contribution in [2.24, 2.45) is 0 Å². The van der Waals surface area contributed by atoms with Crippen molar-refractivity contribution < 1.29 is 13.9 Å². The Kier molecular flexibility index (Phi) is 5.72. The Labute approximate surface area is 143 Å². The molecule has 0 aromatic heterocycles. The SMILES string of the molecule is CN1CCCCC[C@H]1C(=O)N1CCC(Oc2cccc(F)c2)CC1. The summed E-state index contributed by atoms with van der Waals surface area (Å²) in [6.45, 7) is 2.46. The molecule has 2 fully saturated rings. The monoisotopic (exact) mass is 334 g/mol. The van der Waals surface area contributed by atoms with E-state index in [9.17, 15) is 9.18 Å². The molecule has 2 heterocycles. The summed E-state index contributed by atoms with van der Waals surface area (Å²) in [4.78, 5) is 17.0. The van der Waals surface area contributed by atoms with E-state index in [-0.39, 0.29) is 23.9 Å². The van der Waals surface area contributed by atoms with Crippen molar-refractivity contribution in [3.63, 3.8) is 0 Å². The molecule has 0 radical (unpaired) electrons. The Balaban J connectivity index is 1.51. The Morgan fingerprint density at radius 1 is 1.12 bits per heavy atom. The maximum atomic E-state index is 13.2. The zero-order chi connectivity index (χ0) is 16.9. The van der Waals surface area contributed by atoms with E-state index in [0.29, 0.717) is 5.75 Å². The van der Waals surface area contributed by atoms with Crippen LogP contribution in [0, 0.1) is 5.82 Å². The fourth-order valence-electron chi connectivity index (χ4n) is 3.70. The highest BCUT2D eigenvalue weighted by Gasteiger charge is 2.31. The van der Waals surface area contributed by atoms with Gasteiger partial charge in [-0.05, 0) is 38.6 Å². The molecule has 1 aromatic rings. The van der Waals surface area contributed by atoms with E-state index in [1.165, 1.54) is 25.0 Å². The average Bonchev–Trinajstić information content (AvgIpc) is 2.79. The minimum absolute atomic E-state index is 0.0354. The Morgan fingerprint density at radius 3 is 2.67 bits per heavy atom. The first-order chi connectivity index (χ1) is 11.6. The Morgan fingerprint density at radius 2 is 1.92 bits per heavy atom. The summed E-state index contributed by atoms with van der Waals surface area (Å²) in [7, 11) is 2.06. The van der Waals surface area contributed by atoms with E-state index in [4.69, 9.17) is 4.74 Å². The van der Waals surface area contributed by atoms with Crippen LogP contribution in [0.1, 0.15) is 38.5 Å². The van der Waals surface area contributed by atoms with Gasteiger partial charge >= 0.3 is 0 Å². The number of rotatable bonds is 3. The molecule has 0 saturated carbocycles. The number of amides is 1. The van der Waals surface area contributed by atoms with Gasteiger partial charge < -0.3 is 9.64 Å². The van der Waals surface area contributed by atoms with Gasteiger partial charge in [0, 0.05) is 32.0 Å². The molecule has 24 heavy (non-hydrogen) atoms. The topological polar surface area (TPSA) is 32.8 Å². The number of likely N-dealkylation sites (N-methyl/N-ethyl adjacent to an activating group) is 1. The summed E-state index contributed by atoms with van der Waals surface area (Å²) in [5.41, 5.74) is 0. The van der Waals surface area contributed by atoms with Crippen molar-refractivity contribution in [3.8, 4) is 5.75 Å². The largest absolute Gasteiger partial charge is 0.490 e. The smallest absolute Gasteiger partial charge is 0.239 e. The van der Waals surface area contributed by atoms with E-state index in [2.05, 4.69) is 11.9 Å². The third kappa shape index (κ3) is 4.26. The first-order valence-electron chi connectivity index (χ1n) is 9.05. The van der Waals surface area contributed by atoms with Crippen molar-refractivity contribution in [2.75, 3.05) is 26.7 Å². The molecule has 132 valence electrons. The lowest BCUT2D eigenvalue weighted by Gasteiger charge is -2.36. The van der Waals surface area contributed by atoms with E-state index in [0.717, 1.165) is 45.3 Å². The molecule has 1 atom stereocenters. The highest BCUT2D eigenvalue weighted by atomic mass is 19.1. The van der Waals surface area contributed by atoms with Crippen LogP contribution in [-0.2, 0) is 4.79 Å². The van der Waals surface area contributed by atoms with Gasteiger partial charge in [-0.2, -0.15) is 0 Å². The fraction of sp³-hybridized carbons (Fsp3) is 0.632.